The van der Waals surface area contributed by atoms with E-state index in [1.807, 2.05) is 11.8 Å². The predicted octanol–water partition coefficient (Wildman–Crippen LogP) is 3.83. The number of carbonyl (C=O) groups is 2. The van der Waals surface area contributed by atoms with Crippen molar-refractivity contribution in [2.24, 2.45) is 0 Å². The number of anilines is 1. The summed E-state index contributed by atoms with van der Waals surface area (Å²) in [5.41, 5.74) is 1.22. The lowest BCUT2D eigenvalue weighted by atomic mass is 10.0. The smallest absolute Gasteiger partial charge is 0.383 e. The average Bonchev–Trinajstić information content (AvgIpc) is 2.95. The summed E-state index contributed by atoms with van der Waals surface area (Å²) < 4.78 is 45.7. The lowest BCUT2D eigenvalue weighted by Crippen LogP contribution is -2.60. The van der Waals surface area contributed by atoms with Gasteiger partial charge in [-0.15, -0.1) is 0 Å². The number of alkyl halides is 3. The number of carbonyl (C=O) groups excluding carboxylic acids is 2. The SMILES string of the molecule is COC[C@H](C)NCc1cc(C(F)(F)F)ccc1N1CCN(C(=O)C(Cc2ccc(Cl)cc2Cl)N2CCNCC2=O)CC1. The van der Waals surface area contributed by atoms with E-state index < -0.39 is 17.8 Å². The Hall–Kier alpha value is -2.57. The molecule has 2 N–H and O–H groups in total. The predicted molar refractivity (Wildman–Crippen MR) is 157 cm³/mol. The van der Waals surface area contributed by atoms with Crippen molar-refractivity contribution in [3.05, 3.63) is 63.1 Å². The van der Waals surface area contributed by atoms with E-state index in [0.29, 0.717) is 72.7 Å². The van der Waals surface area contributed by atoms with Crippen LogP contribution in [0.25, 0.3) is 0 Å². The molecule has 42 heavy (non-hydrogen) atoms. The molecule has 13 heteroatoms. The summed E-state index contributed by atoms with van der Waals surface area (Å²) in [6.07, 6.45) is -4.21. The molecule has 230 valence electrons. The minimum absolute atomic E-state index is 0.0503. The number of methoxy groups -OCH3 is 1. The van der Waals surface area contributed by atoms with Crippen LogP contribution >= 0.6 is 23.2 Å². The Labute approximate surface area is 254 Å². The molecule has 4 rings (SSSR count). The Morgan fingerprint density at radius 2 is 1.81 bits per heavy atom. The maximum absolute atomic E-state index is 13.9. The van der Waals surface area contributed by atoms with Crippen LogP contribution in [0, 0.1) is 0 Å². The summed E-state index contributed by atoms with van der Waals surface area (Å²) in [5.74, 6) is -0.341. The van der Waals surface area contributed by atoms with Crippen LogP contribution < -0.4 is 15.5 Å². The van der Waals surface area contributed by atoms with Gasteiger partial charge in [0.25, 0.3) is 0 Å². The van der Waals surface area contributed by atoms with Crippen molar-refractivity contribution < 1.29 is 27.5 Å². The normalized spacial score (nSPS) is 17.9. The van der Waals surface area contributed by atoms with Crippen molar-refractivity contribution >= 4 is 40.7 Å². The fourth-order valence-corrected chi connectivity index (χ4v) is 5.85. The first-order valence-electron chi connectivity index (χ1n) is 13.9. The van der Waals surface area contributed by atoms with E-state index in [2.05, 4.69) is 10.6 Å². The van der Waals surface area contributed by atoms with Crippen molar-refractivity contribution in [3.63, 3.8) is 0 Å². The van der Waals surface area contributed by atoms with Crippen molar-refractivity contribution in [3.8, 4) is 0 Å². The van der Waals surface area contributed by atoms with E-state index in [-0.39, 0.29) is 37.4 Å². The van der Waals surface area contributed by atoms with Gasteiger partial charge in [-0.2, -0.15) is 13.2 Å². The Kier molecular flexibility index (Phi) is 11.0. The largest absolute Gasteiger partial charge is 0.416 e. The zero-order chi connectivity index (χ0) is 30.4. The lowest BCUT2D eigenvalue weighted by Gasteiger charge is -2.41. The monoisotopic (exact) mass is 629 g/mol. The van der Waals surface area contributed by atoms with Gasteiger partial charge >= 0.3 is 6.18 Å². The molecule has 0 spiro atoms. The molecule has 0 radical (unpaired) electrons. The van der Waals surface area contributed by atoms with E-state index >= 15 is 0 Å². The quantitative estimate of drug-likeness (QED) is 0.416. The number of piperazine rings is 2. The van der Waals surface area contributed by atoms with Crippen molar-refractivity contribution in [2.45, 2.75) is 38.1 Å². The highest BCUT2D eigenvalue weighted by atomic mass is 35.5. The van der Waals surface area contributed by atoms with Crippen LogP contribution in [0.2, 0.25) is 10.0 Å². The van der Waals surface area contributed by atoms with Gasteiger partial charge < -0.3 is 30.1 Å². The minimum atomic E-state index is -4.46. The topological polar surface area (TPSA) is 77.2 Å². The molecule has 2 saturated heterocycles. The fourth-order valence-electron chi connectivity index (χ4n) is 5.36. The zero-order valence-electron chi connectivity index (χ0n) is 23.6. The van der Waals surface area contributed by atoms with Crippen LogP contribution in [0.1, 0.15) is 23.6 Å². The number of hydrogen-bond acceptors (Lipinski definition) is 6. The molecule has 2 aromatic rings. The van der Waals surface area contributed by atoms with Crippen molar-refractivity contribution in [1.29, 1.82) is 0 Å². The highest BCUT2D eigenvalue weighted by molar-refractivity contribution is 6.35. The Balaban J connectivity index is 1.51. The van der Waals surface area contributed by atoms with Crippen LogP contribution in [0.5, 0.6) is 0 Å². The number of halogens is 5. The molecular weight excluding hydrogens is 594 g/mol. The van der Waals surface area contributed by atoms with E-state index in [1.54, 1.807) is 35.1 Å². The molecule has 8 nitrogen and oxygen atoms in total. The van der Waals surface area contributed by atoms with Gasteiger partial charge in [0.1, 0.15) is 6.04 Å². The Morgan fingerprint density at radius 1 is 1.07 bits per heavy atom. The summed E-state index contributed by atoms with van der Waals surface area (Å²) in [5, 5.41) is 7.17. The second kappa shape index (κ2) is 14.3. The highest BCUT2D eigenvalue weighted by Crippen LogP contribution is 2.33. The summed E-state index contributed by atoms with van der Waals surface area (Å²) in [4.78, 5) is 32.1. The Bertz CT molecular complexity index is 1260. The summed E-state index contributed by atoms with van der Waals surface area (Å²) in [7, 11) is 1.57. The lowest BCUT2D eigenvalue weighted by molar-refractivity contribution is -0.146. The van der Waals surface area contributed by atoms with Crippen molar-refractivity contribution in [2.75, 3.05) is 64.4 Å². The summed E-state index contributed by atoms with van der Waals surface area (Å²) in [6, 6.07) is 8.08. The first-order chi connectivity index (χ1) is 20.0. The molecule has 2 aliphatic rings. The van der Waals surface area contributed by atoms with Gasteiger partial charge in [0, 0.05) is 81.1 Å². The first kappa shape index (κ1) is 32.3. The number of amides is 2. The molecule has 2 heterocycles. The molecule has 0 saturated carbocycles. The third-order valence-corrected chi connectivity index (χ3v) is 8.20. The van der Waals surface area contributed by atoms with Gasteiger partial charge in [0.05, 0.1) is 18.7 Å². The van der Waals surface area contributed by atoms with Gasteiger partial charge in [-0.3, -0.25) is 9.59 Å². The van der Waals surface area contributed by atoms with Crippen LogP contribution in [0.15, 0.2) is 36.4 Å². The molecule has 0 bridgehead atoms. The van der Waals surface area contributed by atoms with Gasteiger partial charge in [0.2, 0.25) is 11.8 Å². The van der Waals surface area contributed by atoms with Crippen LogP contribution in [-0.4, -0.2) is 93.2 Å². The molecular formula is C29H36Cl2F3N5O3. The second-order valence-electron chi connectivity index (χ2n) is 10.6. The summed E-state index contributed by atoms with van der Waals surface area (Å²) >= 11 is 12.5. The molecule has 0 aliphatic carbocycles. The fraction of sp³-hybridized carbons (Fsp3) is 0.517. The molecule has 2 atom stereocenters. The first-order valence-corrected chi connectivity index (χ1v) is 14.6. The van der Waals surface area contributed by atoms with Gasteiger partial charge in [-0.05, 0) is 48.4 Å². The number of ether oxygens (including phenoxy) is 1. The van der Waals surface area contributed by atoms with Gasteiger partial charge in [0.15, 0.2) is 0 Å². The van der Waals surface area contributed by atoms with Crippen LogP contribution in [0.3, 0.4) is 0 Å². The molecule has 2 fully saturated rings. The molecule has 1 unspecified atom stereocenters. The average molecular weight is 631 g/mol. The second-order valence-corrected chi connectivity index (χ2v) is 11.5. The molecule has 2 aromatic carbocycles. The van der Waals surface area contributed by atoms with Gasteiger partial charge in [-0.1, -0.05) is 29.3 Å². The molecule has 2 amide bonds. The Morgan fingerprint density at radius 3 is 2.45 bits per heavy atom. The number of rotatable bonds is 10. The zero-order valence-corrected chi connectivity index (χ0v) is 25.2. The minimum Gasteiger partial charge on any atom is -0.383 e. The number of nitrogens with one attached hydrogen (secondary N) is 2. The molecule has 0 aromatic heterocycles. The standard InChI is InChI=1S/C29H36Cl2F3N5O3/c1-19(18-42-2)36-16-21-13-22(29(32,33)34)4-6-25(21)37-9-11-38(12-10-37)28(41)26(39-8-7-35-17-27(39)40)14-20-3-5-23(30)15-24(20)31/h3-6,13,15,19,26,35-36H,7-12,14,16-18H2,1-2H3/t19-,26?/m0/s1. The summed E-state index contributed by atoms with van der Waals surface area (Å²) in [6.45, 7) is 5.26. The highest BCUT2D eigenvalue weighted by Gasteiger charge is 2.36. The van der Waals surface area contributed by atoms with Gasteiger partial charge in [-0.25, -0.2) is 0 Å². The third kappa shape index (κ3) is 8.08. The van der Waals surface area contributed by atoms with Crippen LogP contribution in [-0.2, 0) is 33.5 Å². The van der Waals surface area contributed by atoms with Crippen LogP contribution in [0.4, 0.5) is 18.9 Å². The third-order valence-electron chi connectivity index (χ3n) is 7.61. The number of hydrogen-bond donors (Lipinski definition) is 2. The maximum atomic E-state index is 13.9. The number of benzene rings is 2. The number of nitrogens with zero attached hydrogens (tertiary/aromatic N) is 3. The maximum Gasteiger partial charge on any atom is 0.416 e. The van der Waals surface area contributed by atoms with E-state index in [4.69, 9.17) is 27.9 Å². The van der Waals surface area contributed by atoms with Crippen molar-refractivity contribution in [1.82, 2.24) is 20.4 Å². The van der Waals surface area contributed by atoms with E-state index in [9.17, 15) is 22.8 Å². The van der Waals surface area contributed by atoms with E-state index in [0.717, 1.165) is 6.07 Å². The van der Waals surface area contributed by atoms with E-state index in [1.165, 1.54) is 12.1 Å². The molecule has 2 aliphatic heterocycles.